The number of halogens is 1. The lowest BCUT2D eigenvalue weighted by molar-refractivity contribution is -0.128. The first-order valence-corrected chi connectivity index (χ1v) is 15.4. The number of ether oxygens (including phenoxy) is 2. The Morgan fingerprint density at radius 1 is 0.886 bits per heavy atom. The van der Waals surface area contributed by atoms with Crippen molar-refractivity contribution in [1.29, 1.82) is 0 Å². The van der Waals surface area contributed by atoms with Gasteiger partial charge in [0, 0.05) is 24.1 Å². The van der Waals surface area contributed by atoms with Crippen molar-refractivity contribution in [2.75, 3.05) is 18.5 Å². The fourth-order valence-corrected chi connectivity index (χ4v) is 4.59. The lowest BCUT2D eigenvalue weighted by Crippen LogP contribution is -2.23. The zero-order valence-corrected chi connectivity index (χ0v) is 27.0. The fourth-order valence-electron chi connectivity index (χ4n) is 4.59. The van der Waals surface area contributed by atoms with Crippen LogP contribution in [0, 0.1) is 5.82 Å². The molecule has 44 heavy (non-hydrogen) atoms. The maximum absolute atomic E-state index is 14.7. The molecule has 0 aliphatic heterocycles. The van der Waals surface area contributed by atoms with Crippen LogP contribution in [0.4, 0.5) is 10.1 Å². The number of benzene rings is 3. The maximum atomic E-state index is 14.7. The molecule has 1 aromatic heterocycles. The van der Waals surface area contributed by atoms with E-state index in [4.69, 9.17) is 14.6 Å². The van der Waals surface area contributed by atoms with E-state index in [-0.39, 0.29) is 35.6 Å². The van der Waals surface area contributed by atoms with Gasteiger partial charge in [-0.1, -0.05) is 69.3 Å². The normalized spacial score (nSPS) is 11.9. The van der Waals surface area contributed by atoms with Gasteiger partial charge in [0.25, 0.3) is 0 Å². The fraction of sp³-hybridized carbons (Fsp3) is 0.405. The molecule has 1 N–H and O–H groups in total. The Bertz CT molecular complexity index is 1500. The van der Waals surface area contributed by atoms with Gasteiger partial charge < -0.3 is 14.8 Å². The highest BCUT2D eigenvalue weighted by molar-refractivity contribution is 5.79. The Morgan fingerprint density at radius 2 is 1.59 bits per heavy atom. The highest BCUT2D eigenvalue weighted by Gasteiger charge is 2.20. The van der Waals surface area contributed by atoms with Gasteiger partial charge >= 0.3 is 0 Å². The molecular formula is C37H46FN3O3. The molecule has 0 saturated carbocycles. The number of Topliss-reactive ketones (excluding diaryl/α,β-unsaturated/α-hetero) is 1. The van der Waals surface area contributed by atoms with Crippen molar-refractivity contribution in [2.45, 2.75) is 85.0 Å². The first-order valence-electron chi connectivity index (χ1n) is 15.4. The van der Waals surface area contributed by atoms with Gasteiger partial charge in [-0.25, -0.2) is 4.39 Å². The number of hydrogen-bond acceptors (Lipinski definition) is 5. The van der Waals surface area contributed by atoms with Gasteiger partial charge in [0.1, 0.15) is 24.8 Å². The minimum atomic E-state index is -0.365. The molecule has 0 spiro atoms. The Labute approximate surface area is 261 Å². The molecule has 0 bridgehead atoms. The molecule has 1 heterocycles. The van der Waals surface area contributed by atoms with Crippen LogP contribution in [0.5, 0.6) is 5.75 Å². The van der Waals surface area contributed by atoms with Crippen LogP contribution < -0.4 is 10.1 Å². The molecule has 0 atom stereocenters. The third-order valence-electron chi connectivity index (χ3n) is 7.25. The lowest BCUT2D eigenvalue weighted by atomic mass is 9.92. The van der Waals surface area contributed by atoms with Crippen molar-refractivity contribution in [3.63, 3.8) is 0 Å². The van der Waals surface area contributed by atoms with Crippen LogP contribution in [0.3, 0.4) is 0 Å². The number of anilines is 1. The van der Waals surface area contributed by atoms with Crippen LogP contribution >= 0.6 is 0 Å². The van der Waals surface area contributed by atoms with E-state index >= 15 is 0 Å². The van der Waals surface area contributed by atoms with Crippen molar-refractivity contribution in [3.05, 3.63) is 113 Å². The monoisotopic (exact) mass is 599 g/mol. The second-order valence-corrected chi connectivity index (χ2v) is 13.3. The molecule has 234 valence electrons. The number of nitrogens with zero attached hydrogens (tertiary/aromatic N) is 2. The Hall–Kier alpha value is -3.97. The highest BCUT2D eigenvalue weighted by atomic mass is 19.1. The lowest BCUT2D eigenvalue weighted by Gasteiger charge is -2.18. The molecule has 0 saturated heterocycles. The van der Waals surface area contributed by atoms with Crippen LogP contribution in [-0.4, -0.2) is 34.3 Å². The van der Waals surface area contributed by atoms with Crippen LogP contribution in [0.1, 0.15) is 76.0 Å². The zero-order chi connectivity index (χ0) is 31.7. The summed E-state index contributed by atoms with van der Waals surface area (Å²) in [5, 5.41) is 8.23. The standard InChI is InChI=1S/C37H46FN3O3/c1-36(2,3)35-23-31(25-43-33-10-8-7-9-11-33)41(40-35)24-28-14-12-27(13-15-28)20-21-39-30-18-16-29(34(38)22-30)17-19-32(42)26-44-37(4,5)6/h7-16,18,22-23,39H,17,19-21,24-26H2,1-6H3. The first-order chi connectivity index (χ1) is 20.9. The number of rotatable bonds is 14. The van der Waals surface area contributed by atoms with Crippen molar-refractivity contribution in [3.8, 4) is 5.75 Å². The predicted molar refractivity (Wildman–Crippen MR) is 175 cm³/mol. The molecule has 4 rings (SSSR count). The van der Waals surface area contributed by atoms with Crippen molar-refractivity contribution >= 4 is 11.5 Å². The van der Waals surface area contributed by atoms with E-state index < -0.39 is 0 Å². The van der Waals surface area contributed by atoms with Gasteiger partial charge in [0.15, 0.2) is 5.78 Å². The van der Waals surface area contributed by atoms with Crippen LogP contribution in [0.15, 0.2) is 78.9 Å². The van der Waals surface area contributed by atoms with E-state index in [1.54, 1.807) is 6.07 Å². The topological polar surface area (TPSA) is 65.4 Å². The molecule has 6 nitrogen and oxygen atoms in total. The summed E-state index contributed by atoms with van der Waals surface area (Å²) < 4.78 is 28.3. The van der Waals surface area contributed by atoms with Crippen LogP contribution in [0.2, 0.25) is 0 Å². The second kappa shape index (κ2) is 14.7. The zero-order valence-electron chi connectivity index (χ0n) is 27.0. The number of carbonyl (C=O) groups is 1. The Kier molecular flexibility index (Phi) is 11.0. The molecule has 0 aliphatic carbocycles. The minimum Gasteiger partial charge on any atom is -0.487 e. The predicted octanol–water partition coefficient (Wildman–Crippen LogP) is 7.92. The van der Waals surface area contributed by atoms with Gasteiger partial charge in [-0.2, -0.15) is 5.10 Å². The average molecular weight is 600 g/mol. The Morgan fingerprint density at radius 3 is 2.25 bits per heavy atom. The van der Waals surface area contributed by atoms with E-state index in [1.165, 1.54) is 11.6 Å². The van der Waals surface area contributed by atoms with Gasteiger partial charge in [-0.3, -0.25) is 9.48 Å². The summed E-state index contributed by atoms with van der Waals surface area (Å²) >= 11 is 0. The molecule has 0 radical (unpaired) electrons. The molecule has 0 fully saturated rings. The summed E-state index contributed by atoms with van der Waals surface area (Å²) in [7, 11) is 0. The summed E-state index contributed by atoms with van der Waals surface area (Å²) in [6, 6.07) is 25.6. The number of ketones is 1. The van der Waals surface area contributed by atoms with Crippen LogP contribution in [0.25, 0.3) is 0 Å². The first kappa shape index (κ1) is 32.9. The number of aryl methyl sites for hydroxylation is 1. The average Bonchev–Trinajstić information content (AvgIpc) is 3.39. The summed E-state index contributed by atoms with van der Waals surface area (Å²) in [4.78, 5) is 12.1. The van der Waals surface area contributed by atoms with Gasteiger partial charge in [0.05, 0.1) is 23.5 Å². The third kappa shape index (κ3) is 10.3. The number of para-hydroxylation sites is 1. The number of nitrogens with one attached hydrogen (secondary N) is 1. The summed E-state index contributed by atoms with van der Waals surface area (Å²) in [6.07, 6.45) is 1.43. The van der Waals surface area contributed by atoms with Gasteiger partial charge in [-0.15, -0.1) is 0 Å². The van der Waals surface area contributed by atoms with E-state index in [0.29, 0.717) is 31.7 Å². The van der Waals surface area contributed by atoms with Gasteiger partial charge in [-0.05, 0) is 80.6 Å². The van der Waals surface area contributed by atoms with E-state index in [1.807, 2.05) is 61.9 Å². The van der Waals surface area contributed by atoms with E-state index in [2.05, 4.69) is 56.4 Å². The minimum absolute atomic E-state index is 0.0238. The maximum Gasteiger partial charge on any atom is 0.158 e. The molecule has 0 unspecified atom stereocenters. The smallest absolute Gasteiger partial charge is 0.158 e. The third-order valence-corrected chi connectivity index (χ3v) is 7.25. The second-order valence-electron chi connectivity index (χ2n) is 13.3. The number of aromatic nitrogens is 2. The molecular weight excluding hydrogens is 553 g/mol. The quantitative estimate of drug-likeness (QED) is 0.160. The van der Waals surface area contributed by atoms with Crippen molar-refractivity contribution in [2.24, 2.45) is 0 Å². The SMILES string of the molecule is CC(C)(C)OCC(=O)CCc1ccc(NCCc2ccc(Cn3nc(C(C)(C)C)cc3COc3ccccc3)cc2)cc1F. The summed E-state index contributed by atoms with van der Waals surface area (Å²) in [5.74, 6) is 0.512. The summed E-state index contributed by atoms with van der Waals surface area (Å²) in [5.41, 5.74) is 5.26. The number of hydrogen-bond donors (Lipinski definition) is 1. The van der Waals surface area contributed by atoms with Crippen LogP contribution in [-0.2, 0) is 40.9 Å². The van der Waals surface area contributed by atoms with E-state index in [0.717, 1.165) is 34.8 Å². The van der Waals surface area contributed by atoms with E-state index in [9.17, 15) is 9.18 Å². The molecule has 4 aromatic rings. The van der Waals surface area contributed by atoms with Crippen molar-refractivity contribution in [1.82, 2.24) is 9.78 Å². The van der Waals surface area contributed by atoms with Crippen molar-refractivity contribution < 1.29 is 18.7 Å². The Balaban J connectivity index is 1.28. The molecule has 0 aliphatic rings. The molecule has 3 aromatic carbocycles. The number of carbonyl (C=O) groups excluding carboxylic acids is 1. The highest BCUT2D eigenvalue weighted by Crippen LogP contribution is 2.24. The summed E-state index contributed by atoms with van der Waals surface area (Å²) in [6.45, 7) is 14.1. The largest absolute Gasteiger partial charge is 0.487 e. The molecule has 0 amide bonds. The van der Waals surface area contributed by atoms with Gasteiger partial charge in [0.2, 0.25) is 0 Å². The molecule has 7 heteroatoms.